The minimum atomic E-state index is -0.0887. The molecule has 2 heterocycles. The molecule has 0 atom stereocenters. The molecule has 0 fully saturated rings. The molecule has 4 rings (SSSR count). The number of nitrogens with one attached hydrogen (secondary N) is 1. The van der Waals surface area contributed by atoms with Crippen molar-refractivity contribution in [2.75, 3.05) is 19.5 Å². The van der Waals surface area contributed by atoms with Gasteiger partial charge in [-0.2, -0.15) is 0 Å². The van der Waals surface area contributed by atoms with E-state index in [1.165, 1.54) is 17.0 Å². The number of carbonyl (C=O) groups excluding carboxylic acids is 1. The third-order valence-corrected chi connectivity index (χ3v) is 5.34. The van der Waals surface area contributed by atoms with Gasteiger partial charge in [0, 0.05) is 11.6 Å². The summed E-state index contributed by atoms with van der Waals surface area (Å²) in [5, 5.41) is 2.96. The molecule has 1 aliphatic rings. The summed E-state index contributed by atoms with van der Waals surface area (Å²) in [5.41, 5.74) is 4.21. The van der Waals surface area contributed by atoms with Gasteiger partial charge in [0.1, 0.15) is 17.7 Å². The summed E-state index contributed by atoms with van der Waals surface area (Å²) < 4.78 is 15.0. The van der Waals surface area contributed by atoms with E-state index < -0.39 is 0 Å². The Kier molecular flexibility index (Phi) is 5.25. The fraction of sp³-hybridized carbons (Fsp3) is 0.304. The average Bonchev–Trinajstić information content (AvgIpc) is 3.33. The smallest absolute Gasteiger partial charge is 0.266 e. The topological polar surface area (TPSA) is 56.4 Å². The zero-order chi connectivity index (χ0) is 20.4. The van der Waals surface area contributed by atoms with Crippen LogP contribution in [0.1, 0.15) is 17.8 Å². The van der Waals surface area contributed by atoms with E-state index in [0.717, 1.165) is 25.1 Å². The highest BCUT2D eigenvalue weighted by molar-refractivity contribution is 5.91. The lowest BCUT2D eigenvalue weighted by Gasteiger charge is -2.11. The van der Waals surface area contributed by atoms with Crippen molar-refractivity contribution in [3.05, 3.63) is 60.0 Å². The Labute approximate surface area is 170 Å². The van der Waals surface area contributed by atoms with Gasteiger partial charge in [0.15, 0.2) is 12.2 Å². The Hall–Kier alpha value is -3.28. The van der Waals surface area contributed by atoms with E-state index in [2.05, 4.69) is 51.8 Å². The van der Waals surface area contributed by atoms with Crippen molar-refractivity contribution in [2.24, 2.45) is 0 Å². The first-order valence-electron chi connectivity index (χ1n) is 9.80. The van der Waals surface area contributed by atoms with Crippen LogP contribution in [0.4, 0.5) is 5.69 Å². The van der Waals surface area contributed by atoms with Crippen LogP contribution in [-0.4, -0.2) is 24.7 Å². The fourth-order valence-corrected chi connectivity index (χ4v) is 3.85. The lowest BCUT2D eigenvalue weighted by molar-refractivity contribution is -0.690. The number of methoxy groups -OCH3 is 2. The molecule has 1 aromatic heterocycles. The van der Waals surface area contributed by atoms with Crippen LogP contribution in [0.2, 0.25) is 0 Å². The molecule has 6 nitrogen and oxygen atoms in total. The van der Waals surface area contributed by atoms with Crippen LogP contribution in [0.5, 0.6) is 11.5 Å². The summed E-state index contributed by atoms with van der Waals surface area (Å²) in [5.74, 6) is 2.36. The maximum Gasteiger partial charge on any atom is 0.266 e. The molecule has 1 amide bonds. The lowest BCUT2D eigenvalue weighted by Crippen LogP contribution is -2.42. The van der Waals surface area contributed by atoms with E-state index in [-0.39, 0.29) is 12.5 Å². The van der Waals surface area contributed by atoms with Gasteiger partial charge in [0.05, 0.1) is 32.9 Å². The number of fused-ring (bicyclic) bond motifs is 1. The van der Waals surface area contributed by atoms with Crippen LogP contribution in [0, 0.1) is 6.92 Å². The number of imidazole rings is 1. The normalized spacial score (nSPS) is 12.5. The van der Waals surface area contributed by atoms with Gasteiger partial charge in [-0.05, 0) is 25.5 Å². The molecule has 0 saturated carbocycles. The fourth-order valence-electron chi connectivity index (χ4n) is 3.85. The minimum absolute atomic E-state index is 0.0887. The van der Waals surface area contributed by atoms with E-state index in [1.54, 1.807) is 32.4 Å². The van der Waals surface area contributed by atoms with Crippen molar-refractivity contribution in [2.45, 2.75) is 32.9 Å². The summed E-state index contributed by atoms with van der Waals surface area (Å²) >= 11 is 0. The highest BCUT2D eigenvalue weighted by atomic mass is 16.5. The third-order valence-electron chi connectivity index (χ3n) is 5.34. The molecule has 0 saturated heterocycles. The third kappa shape index (κ3) is 3.83. The summed E-state index contributed by atoms with van der Waals surface area (Å²) in [6.45, 7) is 3.33. The minimum Gasteiger partial charge on any atom is -0.497 e. The van der Waals surface area contributed by atoms with Crippen molar-refractivity contribution in [3.8, 4) is 22.8 Å². The lowest BCUT2D eigenvalue weighted by atomic mass is 10.1. The van der Waals surface area contributed by atoms with Crippen LogP contribution < -0.4 is 19.4 Å². The maximum absolute atomic E-state index is 12.8. The number of ether oxygens (including phenoxy) is 2. The molecular formula is C23H26N3O3+. The van der Waals surface area contributed by atoms with Gasteiger partial charge in [-0.3, -0.25) is 4.79 Å². The SMILES string of the molecule is COc1ccc(NC(=O)C[n+]2cc(-c3ccc(C)cc3)n3c2CCC3)c(OC)c1. The van der Waals surface area contributed by atoms with Crippen LogP contribution in [0.25, 0.3) is 11.3 Å². The molecule has 6 heteroatoms. The van der Waals surface area contributed by atoms with Crippen molar-refractivity contribution in [1.82, 2.24) is 4.57 Å². The Morgan fingerprint density at radius 2 is 1.93 bits per heavy atom. The van der Waals surface area contributed by atoms with Gasteiger partial charge < -0.3 is 14.8 Å². The first-order valence-corrected chi connectivity index (χ1v) is 9.80. The maximum atomic E-state index is 12.8. The first-order chi connectivity index (χ1) is 14.1. The number of benzene rings is 2. The Balaban J connectivity index is 1.56. The van der Waals surface area contributed by atoms with E-state index in [9.17, 15) is 4.79 Å². The van der Waals surface area contributed by atoms with Gasteiger partial charge in [0.25, 0.3) is 11.7 Å². The number of aryl methyl sites for hydroxylation is 1. The average molecular weight is 392 g/mol. The molecule has 0 spiro atoms. The summed E-state index contributed by atoms with van der Waals surface area (Å²) in [6.07, 6.45) is 4.16. The molecule has 1 N–H and O–H groups in total. The second-order valence-corrected chi connectivity index (χ2v) is 7.29. The number of hydrogen-bond acceptors (Lipinski definition) is 3. The second-order valence-electron chi connectivity index (χ2n) is 7.29. The molecule has 0 radical (unpaired) electrons. The molecule has 0 bridgehead atoms. The van der Waals surface area contributed by atoms with Gasteiger partial charge >= 0.3 is 0 Å². The van der Waals surface area contributed by atoms with Crippen molar-refractivity contribution >= 4 is 11.6 Å². The highest BCUT2D eigenvalue weighted by Crippen LogP contribution is 2.29. The highest BCUT2D eigenvalue weighted by Gasteiger charge is 2.29. The number of rotatable bonds is 6. The Morgan fingerprint density at radius 3 is 2.66 bits per heavy atom. The van der Waals surface area contributed by atoms with Gasteiger partial charge in [-0.1, -0.05) is 29.8 Å². The van der Waals surface area contributed by atoms with Gasteiger partial charge in [-0.15, -0.1) is 0 Å². The number of hydrogen-bond donors (Lipinski definition) is 1. The van der Waals surface area contributed by atoms with Crippen LogP contribution in [0.15, 0.2) is 48.7 Å². The van der Waals surface area contributed by atoms with Crippen LogP contribution in [-0.2, 0) is 24.3 Å². The standard InChI is InChI=1S/C23H25N3O3/c1-16-6-8-17(9-7-16)20-14-25(23-5-4-12-26(20)23)15-22(27)24-19-11-10-18(28-2)13-21(19)29-3/h6-11,13-14H,4-5,12,15H2,1-3H3/p+1. The number of amides is 1. The quantitative estimate of drug-likeness (QED) is 0.655. The largest absolute Gasteiger partial charge is 0.497 e. The Morgan fingerprint density at radius 1 is 1.14 bits per heavy atom. The molecule has 0 unspecified atom stereocenters. The molecular weight excluding hydrogens is 366 g/mol. The Bertz CT molecular complexity index is 1040. The summed E-state index contributed by atoms with van der Waals surface area (Å²) in [4.78, 5) is 12.8. The van der Waals surface area contributed by atoms with E-state index >= 15 is 0 Å². The van der Waals surface area contributed by atoms with Crippen molar-refractivity contribution in [1.29, 1.82) is 0 Å². The predicted octanol–water partition coefficient (Wildman–Crippen LogP) is 3.35. The zero-order valence-electron chi connectivity index (χ0n) is 17.1. The summed E-state index contributed by atoms with van der Waals surface area (Å²) in [6, 6.07) is 13.9. The molecule has 1 aliphatic heterocycles. The van der Waals surface area contributed by atoms with E-state index in [4.69, 9.17) is 9.47 Å². The second kappa shape index (κ2) is 7.99. The zero-order valence-corrected chi connectivity index (χ0v) is 17.1. The monoisotopic (exact) mass is 392 g/mol. The first kappa shape index (κ1) is 19.1. The number of anilines is 1. The molecule has 29 heavy (non-hydrogen) atoms. The number of nitrogens with zero attached hydrogens (tertiary/aromatic N) is 2. The van der Waals surface area contributed by atoms with Crippen LogP contribution in [0.3, 0.4) is 0 Å². The molecule has 150 valence electrons. The molecule has 3 aromatic rings. The predicted molar refractivity (Wildman–Crippen MR) is 111 cm³/mol. The molecule has 0 aliphatic carbocycles. The van der Waals surface area contributed by atoms with Crippen LogP contribution >= 0.6 is 0 Å². The molecule has 2 aromatic carbocycles. The van der Waals surface area contributed by atoms with E-state index in [0.29, 0.717) is 17.2 Å². The number of aromatic nitrogens is 2. The summed E-state index contributed by atoms with van der Waals surface area (Å²) in [7, 11) is 3.18. The van der Waals surface area contributed by atoms with Crippen molar-refractivity contribution in [3.63, 3.8) is 0 Å². The van der Waals surface area contributed by atoms with E-state index in [1.807, 2.05) is 0 Å². The van der Waals surface area contributed by atoms with Crippen molar-refractivity contribution < 1.29 is 18.8 Å². The number of carbonyl (C=O) groups is 1. The van der Waals surface area contributed by atoms with Gasteiger partial charge in [0.2, 0.25) is 0 Å². The van der Waals surface area contributed by atoms with Gasteiger partial charge in [-0.25, -0.2) is 9.13 Å².